The molecule has 0 fully saturated rings. The molecule has 0 atom stereocenters. The van der Waals surface area contributed by atoms with Crippen LogP contribution in [0.2, 0.25) is 0 Å². The number of carboxylic acid groups (broad SMARTS) is 1. The molecular weight excluding hydrogens is 180 g/mol. The summed E-state index contributed by atoms with van der Waals surface area (Å²) in [5.74, 6) is -1.02. The second-order valence-corrected chi connectivity index (χ2v) is 3.22. The lowest BCUT2D eigenvalue weighted by atomic mass is 10.1. The summed E-state index contributed by atoms with van der Waals surface area (Å²) in [5, 5.41) is 8.85. The van der Waals surface area contributed by atoms with Crippen LogP contribution in [-0.2, 0) is 6.42 Å². The summed E-state index contributed by atoms with van der Waals surface area (Å²) < 4.78 is 0. The highest BCUT2D eigenvalue weighted by Gasteiger charge is 2.13. The van der Waals surface area contributed by atoms with E-state index in [1.807, 2.05) is 6.92 Å². The SMILES string of the molecule is CCCc1cc(N)c(C(=O)O)c(C)n1. The highest BCUT2D eigenvalue weighted by atomic mass is 16.4. The summed E-state index contributed by atoms with van der Waals surface area (Å²) in [4.78, 5) is 15.0. The molecule has 1 aromatic heterocycles. The molecule has 14 heavy (non-hydrogen) atoms. The topological polar surface area (TPSA) is 76.2 Å². The molecule has 4 heteroatoms. The van der Waals surface area contributed by atoms with Gasteiger partial charge in [0, 0.05) is 11.4 Å². The van der Waals surface area contributed by atoms with E-state index in [1.165, 1.54) is 0 Å². The van der Waals surface area contributed by atoms with Crippen LogP contribution in [0.5, 0.6) is 0 Å². The van der Waals surface area contributed by atoms with Crippen molar-refractivity contribution >= 4 is 11.7 Å². The Morgan fingerprint density at radius 3 is 2.71 bits per heavy atom. The molecule has 0 radical (unpaired) electrons. The molecule has 3 N–H and O–H groups in total. The maximum atomic E-state index is 10.8. The largest absolute Gasteiger partial charge is 0.478 e. The van der Waals surface area contributed by atoms with Crippen molar-refractivity contribution in [3.8, 4) is 0 Å². The predicted molar refractivity (Wildman–Crippen MR) is 54.3 cm³/mol. The lowest BCUT2D eigenvalue weighted by Crippen LogP contribution is -2.08. The number of nitrogens with zero attached hydrogens (tertiary/aromatic N) is 1. The molecule has 76 valence electrons. The highest BCUT2D eigenvalue weighted by molar-refractivity contribution is 5.94. The molecule has 1 heterocycles. The lowest BCUT2D eigenvalue weighted by molar-refractivity contribution is 0.0697. The second kappa shape index (κ2) is 4.09. The van der Waals surface area contributed by atoms with Crippen LogP contribution in [0.4, 0.5) is 5.69 Å². The molecular formula is C10H14N2O2. The van der Waals surface area contributed by atoms with Gasteiger partial charge in [-0.2, -0.15) is 0 Å². The summed E-state index contributed by atoms with van der Waals surface area (Å²) in [5.41, 5.74) is 7.39. The maximum Gasteiger partial charge on any atom is 0.339 e. The Morgan fingerprint density at radius 1 is 1.64 bits per heavy atom. The van der Waals surface area contributed by atoms with Crippen molar-refractivity contribution in [1.82, 2.24) is 4.98 Å². The van der Waals surface area contributed by atoms with Gasteiger partial charge in [-0.1, -0.05) is 13.3 Å². The zero-order chi connectivity index (χ0) is 10.7. The van der Waals surface area contributed by atoms with E-state index in [0.29, 0.717) is 11.4 Å². The summed E-state index contributed by atoms with van der Waals surface area (Å²) in [7, 11) is 0. The first kappa shape index (κ1) is 10.5. The number of anilines is 1. The number of hydrogen-bond donors (Lipinski definition) is 2. The first-order valence-corrected chi connectivity index (χ1v) is 4.55. The number of nitrogen functional groups attached to an aromatic ring is 1. The van der Waals surface area contributed by atoms with E-state index in [1.54, 1.807) is 13.0 Å². The van der Waals surface area contributed by atoms with Crippen molar-refractivity contribution in [3.63, 3.8) is 0 Å². The van der Waals surface area contributed by atoms with Gasteiger partial charge in [0.05, 0.1) is 5.69 Å². The van der Waals surface area contributed by atoms with E-state index in [2.05, 4.69) is 4.98 Å². The first-order valence-electron chi connectivity index (χ1n) is 4.55. The van der Waals surface area contributed by atoms with Crippen LogP contribution in [0.15, 0.2) is 6.07 Å². The second-order valence-electron chi connectivity index (χ2n) is 3.22. The fourth-order valence-electron chi connectivity index (χ4n) is 1.43. The van der Waals surface area contributed by atoms with Crippen LogP contribution in [0.1, 0.15) is 35.1 Å². The molecule has 0 aliphatic rings. The van der Waals surface area contributed by atoms with Gasteiger partial charge in [-0.15, -0.1) is 0 Å². The van der Waals surface area contributed by atoms with Crippen molar-refractivity contribution in [2.24, 2.45) is 0 Å². The molecule has 0 saturated carbocycles. The maximum absolute atomic E-state index is 10.8. The zero-order valence-electron chi connectivity index (χ0n) is 8.37. The number of carboxylic acids is 1. The molecule has 0 aliphatic carbocycles. The number of aromatic carboxylic acids is 1. The Morgan fingerprint density at radius 2 is 2.29 bits per heavy atom. The summed E-state index contributed by atoms with van der Waals surface area (Å²) in [6, 6.07) is 1.64. The Hall–Kier alpha value is -1.58. The van der Waals surface area contributed by atoms with Gasteiger partial charge in [0.25, 0.3) is 0 Å². The number of carbonyl (C=O) groups is 1. The molecule has 0 spiro atoms. The van der Waals surface area contributed by atoms with Gasteiger partial charge in [0.15, 0.2) is 0 Å². The van der Waals surface area contributed by atoms with Gasteiger partial charge in [0.2, 0.25) is 0 Å². The molecule has 0 bridgehead atoms. The molecule has 0 saturated heterocycles. The van der Waals surface area contributed by atoms with E-state index in [9.17, 15) is 4.79 Å². The minimum Gasteiger partial charge on any atom is -0.478 e. The first-order chi connectivity index (χ1) is 6.56. The van der Waals surface area contributed by atoms with Gasteiger partial charge < -0.3 is 10.8 Å². The highest BCUT2D eigenvalue weighted by Crippen LogP contribution is 2.17. The summed E-state index contributed by atoms with van der Waals surface area (Å²) in [6.45, 7) is 3.71. The van der Waals surface area contributed by atoms with Crippen molar-refractivity contribution in [2.75, 3.05) is 5.73 Å². The Balaban J connectivity index is 3.18. The molecule has 1 aromatic rings. The zero-order valence-corrected chi connectivity index (χ0v) is 8.37. The van der Waals surface area contributed by atoms with E-state index in [-0.39, 0.29) is 5.56 Å². The third-order valence-electron chi connectivity index (χ3n) is 2.00. The number of hydrogen-bond acceptors (Lipinski definition) is 3. The number of aromatic nitrogens is 1. The number of pyridine rings is 1. The van der Waals surface area contributed by atoms with E-state index < -0.39 is 5.97 Å². The fourth-order valence-corrected chi connectivity index (χ4v) is 1.43. The lowest BCUT2D eigenvalue weighted by Gasteiger charge is -2.07. The Kier molecular flexibility index (Phi) is 3.06. The number of aryl methyl sites for hydroxylation is 2. The number of nitrogens with two attached hydrogens (primary N) is 1. The minimum absolute atomic E-state index is 0.116. The number of rotatable bonds is 3. The van der Waals surface area contributed by atoms with E-state index >= 15 is 0 Å². The molecule has 0 unspecified atom stereocenters. The van der Waals surface area contributed by atoms with Crippen LogP contribution < -0.4 is 5.73 Å². The Bertz CT molecular complexity index is 338. The third kappa shape index (κ3) is 2.02. The average molecular weight is 194 g/mol. The van der Waals surface area contributed by atoms with Crippen molar-refractivity contribution in [1.29, 1.82) is 0 Å². The van der Waals surface area contributed by atoms with Gasteiger partial charge in [-0.3, -0.25) is 4.98 Å². The average Bonchev–Trinajstić information content (AvgIpc) is 2.01. The smallest absolute Gasteiger partial charge is 0.339 e. The predicted octanol–water partition coefficient (Wildman–Crippen LogP) is 1.62. The monoisotopic (exact) mass is 194 g/mol. The molecule has 0 amide bonds. The van der Waals surface area contributed by atoms with Crippen LogP contribution in [0.3, 0.4) is 0 Å². The van der Waals surface area contributed by atoms with Crippen LogP contribution in [-0.4, -0.2) is 16.1 Å². The quantitative estimate of drug-likeness (QED) is 0.766. The molecule has 1 rings (SSSR count). The van der Waals surface area contributed by atoms with Crippen LogP contribution in [0.25, 0.3) is 0 Å². The fraction of sp³-hybridized carbons (Fsp3) is 0.400. The summed E-state index contributed by atoms with van der Waals surface area (Å²) >= 11 is 0. The van der Waals surface area contributed by atoms with Crippen molar-refractivity contribution in [2.45, 2.75) is 26.7 Å². The van der Waals surface area contributed by atoms with Gasteiger partial charge in [-0.05, 0) is 19.4 Å². The molecule has 0 aliphatic heterocycles. The van der Waals surface area contributed by atoms with Crippen LogP contribution >= 0.6 is 0 Å². The minimum atomic E-state index is -1.02. The van der Waals surface area contributed by atoms with Gasteiger partial charge in [0.1, 0.15) is 5.56 Å². The Labute approximate surface area is 82.8 Å². The summed E-state index contributed by atoms with van der Waals surface area (Å²) in [6.07, 6.45) is 1.79. The standard InChI is InChI=1S/C10H14N2O2/c1-3-4-7-5-8(11)9(10(13)14)6(2)12-7/h5H,3-4H2,1-2H3,(H2,11,12)(H,13,14). The van der Waals surface area contributed by atoms with E-state index in [0.717, 1.165) is 18.5 Å². The van der Waals surface area contributed by atoms with Crippen molar-refractivity contribution in [3.05, 3.63) is 23.0 Å². The molecule has 0 aromatic carbocycles. The molecule has 4 nitrogen and oxygen atoms in total. The van der Waals surface area contributed by atoms with Crippen LogP contribution in [0, 0.1) is 6.92 Å². The van der Waals surface area contributed by atoms with Crippen molar-refractivity contribution < 1.29 is 9.90 Å². The van der Waals surface area contributed by atoms with Gasteiger partial charge in [-0.25, -0.2) is 4.79 Å². The third-order valence-corrected chi connectivity index (χ3v) is 2.00. The van der Waals surface area contributed by atoms with Gasteiger partial charge >= 0.3 is 5.97 Å². The van der Waals surface area contributed by atoms with E-state index in [4.69, 9.17) is 10.8 Å². The normalized spacial score (nSPS) is 10.1.